The first-order valence-corrected chi connectivity index (χ1v) is 3.23. The highest BCUT2D eigenvalue weighted by Gasteiger charge is 2.26. The molecule has 0 bridgehead atoms. The molecule has 0 atom stereocenters. The summed E-state index contributed by atoms with van der Waals surface area (Å²) in [5.74, 6) is -0.144. The molecule has 5 heteroatoms. The summed E-state index contributed by atoms with van der Waals surface area (Å²) < 4.78 is 1.30. The fourth-order valence-corrected chi connectivity index (χ4v) is 1.16. The molecule has 1 aliphatic rings. The summed E-state index contributed by atoms with van der Waals surface area (Å²) >= 11 is 0. The van der Waals surface area contributed by atoms with Crippen molar-refractivity contribution in [2.75, 3.05) is 0 Å². The molecule has 0 spiro atoms. The van der Waals surface area contributed by atoms with Gasteiger partial charge in [0.25, 0.3) is 5.91 Å². The van der Waals surface area contributed by atoms with Crippen molar-refractivity contribution in [3.05, 3.63) is 11.3 Å². The number of aryl methyl sites for hydroxylation is 1. The molecule has 0 unspecified atom stereocenters. The maximum atomic E-state index is 10.9. The summed E-state index contributed by atoms with van der Waals surface area (Å²) in [5.41, 5.74) is 0.933. The maximum Gasteiger partial charge on any atom is 0.272 e. The molecule has 11 heavy (non-hydrogen) atoms. The number of nitrogens with one attached hydrogen (secondary N) is 1. The van der Waals surface area contributed by atoms with Crippen molar-refractivity contribution in [1.29, 1.82) is 0 Å². The zero-order valence-corrected chi connectivity index (χ0v) is 5.96. The normalized spacial score (nSPS) is 14.8. The molecule has 1 amide bonds. The van der Waals surface area contributed by atoms with Crippen LogP contribution in [0.2, 0.25) is 0 Å². The Hall–Kier alpha value is -1.52. The van der Waals surface area contributed by atoms with Crippen molar-refractivity contribution in [3.8, 4) is 5.88 Å². The SMILES string of the molecule is Cn1nc2c(c1O)CNC2=O. The van der Waals surface area contributed by atoms with Crippen LogP contribution in [0.25, 0.3) is 0 Å². The van der Waals surface area contributed by atoms with E-state index in [9.17, 15) is 9.90 Å². The Labute approximate surface area is 62.6 Å². The second-order valence-corrected chi connectivity index (χ2v) is 2.46. The molecule has 1 aromatic heterocycles. The standard InChI is InChI=1S/C6H7N3O2/c1-9-6(11)3-2-7-5(10)4(3)8-9/h11H,2H2,1H3,(H,7,10). The molecule has 1 aliphatic heterocycles. The quantitative estimate of drug-likeness (QED) is 0.521. The van der Waals surface area contributed by atoms with E-state index in [2.05, 4.69) is 10.4 Å². The topological polar surface area (TPSA) is 67.2 Å². The molecule has 0 saturated carbocycles. The van der Waals surface area contributed by atoms with E-state index in [-0.39, 0.29) is 11.8 Å². The Kier molecular flexibility index (Phi) is 0.986. The van der Waals surface area contributed by atoms with Crippen molar-refractivity contribution in [2.45, 2.75) is 6.54 Å². The van der Waals surface area contributed by atoms with Gasteiger partial charge in [-0.3, -0.25) is 4.79 Å². The number of aromatic nitrogens is 2. The molecule has 0 aliphatic carbocycles. The van der Waals surface area contributed by atoms with Crippen LogP contribution < -0.4 is 5.32 Å². The lowest BCUT2D eigenvalue weighted by atomic mass is 10.3. The lowest BCUT2D eigenvalue weighted by Crippen LogP contribution is -2.14. The number of rotatable bonds is 0. The average molecular weight is 153 g/mol. The van der Waals surface area contributed by atoms with Gasteiger partial charge in [0, 0.05) is 7.05 Å². The zero-order chi connectivity index (χ0) is 8.01. The van der Waals surface area contributed by atoms with Gasteiger partial charge < -0.3 is 10.4 Å². The predicted octanol–water partition coefficient (Wildman–Crippen LogP) is -0.631. The molecule has 1 aromatic rings. The maximum absolute atomic E-state index is 10.9. The van der Waals surface area contributed by atoms with Crippen molar-refractivity contribution >= 4 is 5.91 Å². The number of nitrogens with zero attached hydrogens (tertiary/aromatic N) is 2. The summed E-state index contributed by atoms with van der Waals surface area (Å²) in [6, 6.07) is 0. The highest BCUT2D eigenvalue weighted by molar-refractivity contribution is 5.96. The highest BCUT2D eigenvalue weighted by atomic mass is 16.3. The van der Waals surface area contributed by atoms with Gasteiger partial charge in [-0.25, -0.2) is 4.68 Å². The summed E-state index contributed by atoms with van der Waals surface area (Å²) in [6.07, 6.45) is 0. The molecule has 2 N–H and O–H groups in total. The highest BCUT2D eigenvalue weighted by Crippen LogP contribution is 2.23. The molecule has 0 fully saturated rings. The van der Waals surface area contributed by atoms with Crippen LogP contribution in [-0.4, -0.2) is 20.8 Å². The molecule has 5 nitrogen and oxygen atoms in total. The predicted molar refractivity (Wildman–Crippen MR) is 36.0 cm³/mol. The van der Waals surface area contributed by atoms with Gasteiger partial charge in [0.15, 0.2) is 5.69 Å². The monoisotopic (exact) mass is 153 g/mol. The minimum Gasteiger partial charge on any atom is -0.493 e. The Morgan fingerprint density at radius 1 is 1.73 bits per heavy atom. The second-order valence-electron chi connectivity index (χ2n) is 2.46. The smallest absolute Gasteiger partial charge is 0.272 e. The molecule has 0 radical (unpaired) electrons. The van der Waals surface area contributed by atoms with E-state index in [4.69, 9.17) is 0 Å². The van der Waals surface area contributed by atoms with Gasteiger partial charge in [-0.05, 0) is 0 Å². The number of fused-ring (bicyclic) bond motifs is 1. The largest absolute Gasteiger partial charge is 0.493 e. The Bertz CT molecular complexity index is 329. The van der Waals surface area contributed by atoms with Crippen LogP contribution in [0.5, 0.6) is 5.88 Å². The van der Waals surface area contributed by atoms with Gasteiger partial charge >= 0.3 is 0 Å². The second kappa shape index (κ2) is 1.75. The van der Waals surface area contributed by atoms with Crippen molar-refractivity contribution < 1.29 is 9.90 Å². The van der Waals surface area contributed by atoms with E-state index >= 15 is 0 Å². The number of aromatic hydroxyl groups is 1. The van der Waals surface area contributed by atoms with Gasteiger partial charge in [-0.1, -0.05) is 0 Å². The van der Waals surface area contributed by atoms with Crippen LogP contribution >= 0.6 is 0 Å². The molecule has 0 aromatic carbocycles. The first-order chi connectivity index (χ1) is 5.20. The lowest BCUT2D eigenvalue weighted by Gasteiger charge is -1.94. The Morgan fingerprint density at radius 3 is 3.09 bits per heavy atom. The fourth-order valence-electron chi connectivity index (χ4n) is 1.16. The fraction of sp³-hybridized carbons (Fsp3) is 0.333. The molecule has 2 rings (SSSR count). The van der Waals surface area contributed by atoms with Gasteiger partial charge in [0.1, 0.15) is 0 Å². The van der Waals surface area contributed by atoms with E-state index in [1.54, 1.807) is 7.05 Å². The van der Waals surface area contributed by atoms with Crippen LogP contribution in [0, 0.1) is 0 Å². The van der Waals surface area contributed by atoms with Crippen LogP contribution in [0.15, 0.2) is 0 Å². The number of hydrogen-bond acceptors (Lipinski definition) is 3. The van der Waals surface area contributed by atoms with Crippen LogP contribution in [0.3, 0.4) is 0 Å². The third-order valence-corrected chi connectivity index (χ3v) is 1.75. The third-order valence-electron chi connectivity index (χ3n) is 1.75. The molecular formula is C6H7N3O2. The lowest BCUT2D eigenvalue weighted by molar-refractivity contribution is 0.0960. The van der Waals surface area contributed by atoms with E-state index in [0.29, 0.717) is 17.8 Å². The molecule has 58 valence electrons. The molecule has 2 heterocycles. The van der Waals surface area contributed by atoms with E-state index in [1.807, 2.05) is 0 Å². The third kappa shape index (κ3) is 0.646. The molecular weight excluding hydrogens is 146 g/mol. The van der Waals surface area contributed by atoms with Crippen LogP contribution in [0.4, 0.5) is 0 Å². The summed E-state index contributed by atoms with van der Waals surface area (Å²) in [5, 5.41) is 15.7. The van der Waals surface area contributed by atoms with Crippen LogP contribution in [0.1, 0.15) is 16.1 Å². The van der Waals surface area contributed by atoms with Gasteiger partial charge in [-0.15, -0.1) is 0 Å². The van der Waals surface area contributed by atoms with Crippen molar-refractivity contribution in [1.82, 2.24) is 15.1 Å². The number of carbonyl (C=O) groups is 1. The van der Waals surface area contributed by atoms with Gasteiger partial charge in [-0.2, -0.15) is 5.10 Å². The minimum atomic E-state index is -0.212. The van der Waals surface area contributed by atoms with Crippen LogP contribution in [-0.2, 0) is 13.6 Å². The number of amides is 1. The van der Waals surface area contributed by atoms with E-state index in [1.165, 1.54) is 4.68 Å². The summed E-state index contributed by atoms with van der Waals surface area (Å²) in [4.78, 5) is 10.9. The average Bonchev–Trinajstić information content (AvgIpc) is 2.43. The molecule has 0 saturated heterocycles. The first-order valence-electron chi connectivity index (χ1n) is 3.23. The van der Waals surface area contributed by atoms with Crippen molar-refractivity contribution in [3.63, 3.8) is 0 Å². The van der Waals surface area contributed by atoms with Gasteiger partial charge in [0.05, 0.1) is 12.1 Å². The van der Waals surface area contributed by atoms with E-state index in [0.717, 1.165) is 0 Å². The zero-order valence-electron chi connectivity index (χ0n) is 5.96. The number of hydrogen-bond donors (Lipinski definition) is 2. The Balaban J connectivity index is 2.66. The summed E-state index contributed by atoms with van der Waals surface area (Å²) in [7, 11) is 1.60. The minimum absolute atomic E-state index is 0.0679. The van der Waals surface area contributed by atoms with Crippen molar-refractivity contribution in [2.24, 2.45) is 7.05 Å². The van der Waals surface area contributed by atoms with Gasteiger partial charge in [0.2, 0.25) is 5.88 Å². The van der Waals surface area contributed by atoms with E-state index < -0.39 is 0 Å². The number of carbonyl (C=O) groups excluding carboxylic acids is 1. The first kappa shape index (κ1) is 6.21. The Morgan fingerprint density at radius 2 is 2.45 bits per heavy atom. The summed E-state index contributed by atoms with van der Waals surface area (Å²) in [6.45, 7) is 0.383.